The van der Waals surface area contributed by atoms with Gasteiger partial charge in [0.25, 0.3) is 0 Å². The van der Waals surface area contributed by atoms with E-state index in [9.17, 15) is 4.21 Å². The van der Waals surface area contributed by atoms with Gasteiger partial charge in [0.1, 0.15) is 5.82 Å². The van der Waals surface area contributed by atoms with Crippen LogP contribution in [0.4, 0.5) is 5.13 Å². The molecule has 0 aromatic carbocycles. The van der Waals surface area contributed by atoms with E-state index < -0.39 is 10.8 Å². The van der Waals surface area contributed by atoms with Gasteiger partial charge in [0.05, 0.1) is 0 Å². The van der Waals surface area contributed by atoms with Gasteiger partial charge in [-0.15, -0.1) is 0 Å². The molecule has 0 aliphatic carbocycles. The Bertz CT molecular complexity index is 327. The van der Waals surface area contributed by atoms with E-state index in [1.54, 1.807) is 6.26 Å². The minimum absolute atomic E-state index is 0.232. The number of nitrogens with zero attached hydrogens (tertiary/aromatic N) is 2. The molecule has 6 heteroatoms. The first-order chi connectivity index (χ1) is 7.13. The average molecular weight is 247 g/mol. The molecule has 1 rings (SSSR count). The molecule has 0 spiro atoms. The first-order valence-corrected chi connectivity index (χ1v) is 7.41. The summed E-state index contributed by atoms with van der Waals surface area (Å²) in [5.74, 6) is 0.884. The lowest BCUT2D eigenvalue weighted by atomic mass is 10.3. The van der Waals surface area contributed by atoms with Crippen molar-refractivity contribution in [3.05, 3.63) is 5.82 Å². The van der Waals surface area contributed by atoms with Crippen molar-refractivity contribution in [2.24, 2.45) is 0 Å². The van der Waals surface area contributed by atoms with Crippen molar-refractivity contribution >= 4 is 27.5 Å². The minimum atomic E-state index is -0.737. The third-order valence-electron chi connectivity index (χ3n) is 2.18. The third-order valence-corrected chi connectivity index (χ3v) is 4.26. The summed E-state index contributed by atoms with van der Waals surface area (Å²) in [6.45, 7) is 4.84. The van der Waals surface area contributed by atoms with Crippen LogP contribution in [0.3, 0.4) is 0 Å². The molecule has 0 aliphatic rings. The molecule has 0 bridgehead atoms. The molecule has 4 nitrogen and oxygen atoms in total. The van der Waals surface area contributed by atoms with Gasteiger partial charge >= 0.3 is 0 Å². The van der Waals surface area contributed by atoms with Crippen LogP contribution in [0, 0.1) is 0 Å². The molecular formula is C9H17N3OS2. The lowest BCUT2D eigenvalue weighted by Gasteiger charge is -2.07. The second-order valence-electron chi connectivity index (χ2n) is 3.39. The molecule has 1 heterocycles. The maximum absolute atomic E-state index is 11.1. The van der Waals surface area contributed by atoms with E-state index in [1.165, 1.54) is 11.5 Å². The SMILES string of the molecule is CCc1nsc(NCCC(C)S(C)=O)n1. The fourth-order valence-electron chi connectivity index (χ4n) is 1.02. The van der Waals surface area contributed by atoms with Gasteiger partial charge in [0, 0.05) is 46.8 Å². The Labute approximate surface area is 97.1 Å². The van der Waals surface area contributed by atoms with E-state index in [4.69, 9.17) is 0 Å². The summed E-state index contributed by atoms with van der Waals surface area (Å²) in [5.41, 5.74) is 0. The number of hydrogen-bond donors (Lipinski definition) is 1. The molecule has 1 N–H and O–H groups in total. The zero-order valence-corrected chi connectivity index (χ0v) is 11.0. The van der Waals surface area contributed by atoms with Crippen molar-refractivity contribution in [2.45, 2.75) is 31.9 Å². The first-order valence-electron chi connectivity index (χ1n) is 5.02. The zero-order valence-electron chi connectivity index (χ0n) is 9.32. The van der Waals surface area contributed by atoms with Gasteiger partial charge in [-0.1, -0.05) is 13.8 Å². The van der Waals surface area contributed by atoms with Gasteiger partial charge in [0.15, 0.2) is 0 Å². The fraction of sp³-hybridized carbons (Fsp3) is 0.778. The number of aryl methyl sites for hydroxylation is 1. The summed E-state index contributed by atoms with van der Waals surface area (Å²) in [6.07, 6.45) is 3.50. The molecular weight excluding hydrogens is 230 g/mol. The van der Waals surface area contributed by atoms with Gasteiger partial charge in [-0.2, -0.15) is 4.37 Å². The highest BCUT2D eigenvalue weighted by molar-refractivity contribution is 7.84. The molecule has 0 fully saturated rings. The number of anilines is 1. The van der Waals surface area contributed by atoms with Gasteiger partial charge in [-0.3, -0.25) is 4.21 Å². The van der Waals surface area contributed by atoms with Crippen molar-refractivity contribution < 1.29 is 4.21 Å². The Balaban J connectivity index is 2.28. The zero-order chi connectivity index (χ0) is 11.3. The van der Waals surface area contributed by atoms with E-state index in [0.29, 0.717) is 0 Å². The Morgan fingerprint density at radius 1 is 1.60 bits per heavy atom. The van der Waals surface area contributed by atoms with Crippen LogP contribution in [0.5, 0.6) is 0 Å². The summed E-state index contributed by atoms with van der Waals surface area (Å²) in [4.78, 5) is 4.29. The van der Waals surface area contributed by atoms with Crippen molar-refractivity contribution in [3.8, 4) is 0 Å². The van der Waals surface area contributed by atoms with Crippen LogP contribution in [0.2, 0.25) is 0 Å². The van der Waals surface area contributed by atoms with Gasteiger partial charge < -0.3 is 5.32 Å². The normalized spacial score (nSPS) is 14.9. The van der Waals surface area contributed by atoms with Gasteiger partial charge in [0.2, 0.25) is 5.13 Å². The first kappa shape index (κ1) is 12.6. The second kappa shape index (κ2) is 6.17. The Morgan fingerprint density at radius 2 is 2.33 bits per heavy atom. The molecule has 0 saturated carbocycles. The average Bonchev–Trinajstić information content (AvgIpc) is 2.65. The summed E-state index contributed by atoms with van der Waals surface area (Å²) in [6, 6.07) is 0. The van der Waals surface area contributed by atoms with E-state index in [0.717, 1.165) is 30.3 Å². The standard InChI is InChI=1S/C9H17N3OS2/c1-4-8-11-9(14-12-8)10-6-5-7(2)15(3)13/h7H,4-6H2,1-3H3,(H,10,11,12). The molecule has 15 heavy (non-hydrogen) atoms. The smallest absolute Gasteiger partial charge is 0.202 e. The van der Waals surface area contributed by atoms with Crippen LogP contribution in [-0.2, 0) is 17.2 Å². The van der Waals surface area contributed by atoms with E-state index in [1.807, 2.05) is 13.8 Å². The molecule has 0 radical (unpaired) electrons. The molecule has 86 valence electrons. The van der Waals surface area contributed by atoms with Crippen molar-refractivity contribution in [3.63, 3.8) is 0 Å². The lowest BCUT2D eigenvalue weighted by Crippen LogP contribution is -2.14. The molecule has 0 saturated heterocycles. The fourth-order valence-corrected chi connectivity index (χ4v) is 2.14. The van der Waals surface area contributed by atoms with Crippen molar-refractivity contribution in [2.75, 3.05) is 18.1 Å². The summed E-state index contributed by atoms with van der Waals surface area (Å²) in [7, 11) is -0.737. The second-order valence-corrected chi connectivity index (χ2v) is 5.95. The van der Waals surface area contributed by atoms with Crippen LogP contribution in [0.1, 0.15) is 26.1 Å². The summed E-state index contributed by atoms with van der Waals surface area (Å²) < 4.78 is 15.3. The largest absolute Gasteiger partial charge is 0.360 e. The summed E-state index contributed by atoms with van der Waals surface area (Å²) >= 11 is 1.39. The highest BCUT2D eigenvalue weighted by Gasteiger charge is 2.06. The molecule has 0 amide bonds. The van der Waals surface area contributed by atoms with E-state index >= 15 is 0 Å². The van der Waals surface area contributed by atoms with Crippen LogP contribution in [-0.4, -0.2) is 31.6 Å². The molecule has 2 unspecified atom stereocenters. The number of hydrogen-bond acceptors (Lipinski definition) is 5. The number of aromatic nitrogens is 2. The predicted molar refractivity (Wildman–Crippen MR) is 65.9 cm³/mol. The summed E-state index contributed by atoms with van der Waals surface area (Å²) in [5, 5.41) is 4.29. The third kappa shape index (κ3) is 4.25. The highest BCUT2D eigenvalue weighted by atomic mass is 32.2. The molecule has 0 aliphatic heterocycles. The Kier molecular flexibility index (Phi) is 5.17. The monoisotopic (exact) mass is 247 g/mol. The van der Waals surface area contributed by atoms with Crippen LogP contribution >= 0.6 is 11.5 Å². The van der Waals surface area contributed by atoms with Crippen LogP contribution in [0.25, 0.3) is 0 Å². The maximum Gasteiger partial charge on any atom is 0.202 e. The van der Waals surface area contributed by atoms with Crippen molar-refractivity contribution in [1.82, 2.24) is 9.36 Å². The Hall–Kier alpha value is -0.490. The highest BCUT2D eigenvalue weighted by Crippen LogP contribution is 2.11. The maximum atomic E-state index is 11.1. The van der Waals surface area contributed by atoms with Crippen LogP contribution < -0.4 is 5.32 Å². The Morgan fingerprint density at radius 3 is 2.87 bits per heavy atom. The number of nitrogens with one attached hydrogen (secondary N) is 1. The van der Waals surface area contributed by atoms with Gasteiger partial charge in [-0.05, 0) is 6.42 Å². The van der Waals surface area contributed by atoms with E-state index in [-0.39, 0.29) is 5.25 Å². The molecule has 1 aromatic rings. The van der Waals surface area contributed by atoms with E-state index in [2.05, 4.69) is 14.7 Å². The van der Waals surface area contributed by atoms with Crippen molar-refractivity contribution in [1.29, 1.82) is 0 Å². The quantitative estimate of drug-likeness (QED) is 0.831. The topological polar surface area (TPSA) is 54.9 Å². The lowest BCUT2D eigenvalue weighted by molar-refractivity contribution is 0.672. The molecule has 1 aromatic heterocycles. The predicted octanol–water partition coefficient (Wildman–Crippen LogP) is 1.67. The van der Waals surface area contributed by atoms with Gasteiger partial charge in [-0.25, -0.2) is 4.98 Å². The number of rotatable bonds is 6. The van der Waals surface area contributed by atoms with Crippen LogP contribution in [0.15, 0.2) is 0 Å². The molecule has 2 atom stereocenters. The minimum Gasteiger partial charge on any atom is -0.360 e.